The van der Waals surface area contributed by atoms with Gasteiger partial charge >= 0.3 is 16.3 Å². The van der Waals surface area contributed by atoms with Gasteiger partial charge in [0.25, 0.3) is 10.0 Å². The number of amides is 1. The van der Waals surface area contributed by atoms with Crippen LogP contribution in [0.4, 0.5) is 9.18 Å². The van der Waals surface area contributed by atoms with Gasteiger partial charge in [0.1, 0.15) is 17.7 Å². The van der Waals surface area contributed by atoms with Crippen molar-refractivity contribution >= 4 is 42.9 Å². The van der Waals surface area contributed by atoms with Gasteiger partial charge in [0.15, 0.2) is 5.65 Å². The molecule has 1 aliphatic heterocycles. The Hall–Kier alpha value is -4.31. The Kier molecular flexibility index (Phi) is 8.11. The number of nitrogens with zero attached hydrogens (tertiary/aromatic N) is 3. The molecule has 1 aliphatic carbocycles. The van der Waals surface area contributed by atoms with Gasteiger partial charge in [-0.2, -0.15) is 12.7 Å². The zero-order valence-corrected chi connectivity index (χ0v) is 25.6. The predicted molar refractivity (Wildman–Crippen MR) is 162 cm³/mol. The number of rotatable bonds is 8. The van der Waals surface area contributed by atoms with Crippen LogP contribution in [0.2, 0.25) is 0 Å². The number of pyridine rings is 1. The van der Waals surface area contributed by atoms with E-state index in [4.69, 9.17) is 9.47 Å². The minimum Gasteiger partial charge on any atom is -0.496 e. The van der Waals surface area contributed by atoms with E-state index in [-0.39, 0.29) is 36.5 Å². The summed E-state index contributed by atoms with van der Waals surface area (Å²) in [6, 6.07) is 15.3. The van der Waals surface area contributed by atoms with Crippen LogP contribution < -0.4 is 9.46 Å². The highest BCUT2D eigenvalue weighted by molar-refractivity contribution is 7.90. The number of methoxy groups -OCH3 is 1. The number of β-amino-alcohol motifs (C(OH)–C–C–N with tert-alkyl or cyclic N) is 1. The minimum atomic E-state index is -4.16. The molecule has 2 N–H and O–H groups in total. The normalized spacial score (nSPS) is 17.8. The quantitative estimate of drug-likeness (QED) is 0.289. The van der Waals surface area contributed by atoms with E-state index >= 15 is 0 Å². The van der Waals surface area contributed by atoms with E-state index in [1.165, 1.54) is 47.6 Å². The van der Waals surface area contributed by atoms with E-state index in [0.29, 0.717) is 40.0 Å². The highest BCUT2D eigenvalue weighted by Gasteiger charge is 2.36. The second-order valence-corrected chi connectivity index (χ2v) is 14.1. The number of hydrogen-bond acceptors (Lipinski definition) is 9. The average Bonchev–Trinajstić information content (AvgIpc) is 3.41. The van der Waals surface area contributed by atoms with Crippen LogP contribution in [-0.4, -0.2) is 73.7 Å². The number of halogens is 1. The van der Waals surface area contributed by atoms with E-state index < -0.39 is 44.4 Å². The monoisotopic (exact) mass is 656 g/mol. The third kappa shape index (κ3) is 5.91. The zero-order chi connectivity index (χ0) is 31.9. The Morgan fingerprint density at radius 3 is 2.47 bits per heavy atom. The average molecular weight is 657 g/mol. The standard InChI is InChI=1S/C30H29FN4O8S2/c1-42-28-12-9-20(31)15-25(28)24-13-14-32-29-26(24)16-27(35(29)44(38,39)23-5-3-2-4-6-23)19-7-10-22(11-8-19)43-30(37)33-45(40,41)34-17-21(36)18-34/h2-7,9,12-16,21-22,36H,8,10-11,17-18H2,1H3,(H,33,37). The van der Waals surface area contributed by atoms with Gasteiger partial charge in [-0.05, 0) is 66.4 Å². The van der Waals surface area contributed by atoms with Crippen molar-refractivity contribution in [2.75, 3.05) is 20.2 Å². The van der Waals surface area contributed by atoms with Gasteiger partial charge < -0.3 is 14.6 Å². The molecule has 15 heteroatoms. The molecule has 0 bridgehead atoms. The molecule has 45 heavy (non-hydrogen) atoms. The Morgan fingerprint density at radius 1 is 1.04 bits per heavy atom. The molecule has 4 aromatic rings. The van der Waals surface area contributed by atoms with Crippen LogP contribution in [0.3, 0.4) is 0 Å². The number of allylic oxidation sites excluding steroid dienone is 1. The molecule has 0 spiro atoms. The van der Waals surface area contributed by atoms with Crippen molar-refractivity contribution in [1.82, 2.24) is 18.0 Å². The number of carbonyl (C=O) groups excluding carboxylic acids is 1. The summed E-state index contributed by atoms with van der Waals surface area (Å²) >= 11 is 0. The van der Waals surface area contributed by atoms with E-state index in [1.807, 2.05) is 4.72 Å². The number of carbonyl (C=O) groups is 1. The molecule has 1 atom stereocenters. The maximum atomic E-state index is 14.4. The summed E-state index contributed by atoms with van der Waals surface area (Å²) in [6.07, 6.45) is 1.38. The van der Waals surface area contributed by atoms with E-state index in [1.54, 1.807) is 36.4 Å². The SMILES string of the molecule is COc1ccc(F)cc1-c1ccnc2c1cc(C1=CCC(OC(=O)NS(=O)(=O)N3CC(O)C3)CC1)n2S(=O)(=O)c1ccccc1. The van der Waals surface area contributed by atoms with Gasteiger partial charge in [0.2, 0.25) is 0 Å². The van der Waals surface area contributed by atoms with Gasteiger partial charge in [-0.3, -0.25) is 0 Å². The number of aliphatic hydroxyl groups is 1. The summed E-state index contributed by atoms with van der Waals surface area (Å²) in [5.41, 5.74) is 2.06. The molecule has 12 nitrogen and oxygen atoms in total. The van der Waals surface area contributed by atoms with Crippen molar-refractivity contribution in [3.8, 4) is 16.9 Å². The topological polar surface area (TPSA) is 157 Å². The summed E-state index contributed by atoms with van der Waals surface area (Å²) in [5.74, 6) is -0.0979. The number of benzene rings is 2. The second kappa shape index (κ2) is 11.9. The zero-order valence-electron chi connectivity index (χ0n) is 24.0. The number of fused-ring (bicyclic) bond motifs is 1. The van der Waals surface area contributed by atoms with Crippen LogP contribution in [-0.2, 0) is 25.0 Å². The Morgan fingerprint density at radius 2 is 1.80 bits per heavy atom. The van der Waals surface area contributed by atoms with Crippen molar-refractivity contribution in [1.29, 1.82) is 0 Å². The van der Waals surface area contributed by atoms with Crippen molar-refractivity contribution < 1.29 is 40.6 Å². The Bertz CT molecular complexity index is 2030. The maximum absolute atomic E-state index is 14.4. The maximum Gasteiger partial charge on any atom is 0.422 e. The lowest BCUT2D eigenvalue weighted by atomic mass is 9.94. The van der Waals surface area contributed by atoms with Crippen LogP contribution in [0.25, 0.3) is 27.7 Å². The smallest absolute Gasteiger partial charge is 0.422 e. The number of nitrogens with one attached hydrogen (secondary N) is 1. The molecule has 6 rings (SSSR count). The lowest BCUT2D eigenvalue weighted by molar-refractivity contribution is 0.0529. The summed E-state index contributed by atoms with van der Waals surface area (Å²) in [6.45, 7) is -0.221. The van der Waals surface area contributed by atoms with E-state index in [2.05, 4.69) is 4.98 Å². The number of hydrogen-bond donors (Lipinski definition) is 2. The molecule has 3 heterocycles. The molecular formula is C30H29FN4O8S2. The summed E-state index contributed by atoms with van der Waals surface area (Å²) in [7, 11) is -6.84. The van der Waals surface area contributed by atoms with Gasteiger partial charge in [-0.15, -0.1) is 0 Å². The fraction of sp³-hybridized carbons (Fsp3) is 0.267. The predicted octanol–water partition coefficient (Wildman–Crippen LogP) is 3.67. The van der Waals surface area contributed by atoms with Gasteiger partial charge in [0, 0.05) is 36.7 Å². The summed E-state index contributed by atoms with van der Waals surface area (Å²) in [5, 5.41) is 9.82. The van der Waals surface area contributed by atoms with Crippen LogP contribution in [0.1, 0.15) is 25.0 Å². The Labute approximate surface area is 258 Å². The third-order valence-corrected chi connectivity index (χ3v) is 10.9. The molecular weight excluding hydrogens is 627 g/mol. The number of ether oxygens (including phenoxy) is 2. The first-order valence-corrected chi connectivity index (χ1v) is 16.9. The highest BCUT2D eigenvalue weighted by Crippen LogP contribution is 2.40. The molecule has 2 aromatic heterocycles. The van der Waals surface area contributed by atoms with E-state index in [0.717, 1.165) is 4.31 Å². The number of aliphatic hydroxyl groups excluding tert-OH is 1. The molecule has 2 aromatic carbocycles. The molecule has 236 valence electrons. The lowest BCUT2D eigenvalue weighted by Crippen LogP contribution is -2.57. The van der Waals surface area contributed by atoms with Crippen molar-refractivity contribution in [2.45, 2.75) is 36.4 Å². The second-order valence-electron chi connectivity index (χ2n) is 10.7. The van der Waals surface area contributed by atoms with Gasteiger partial charge in [0.05, 0.1) is 23.8 Å². The first kappa shape index (κ1) is 30.7. The molecule has 2 aliphatic rings. The summed E-state index contributed by atoms with van der Waals surface area (Å²) in [4.78, 5) is 16.8. The molecule has 0 saturated carbocycles. The van der Waals surface area contributed by atoms with Gasteiger partial charge in [-0.1, -0.05) is 24.3 Å². The lowest BCUT2D eigenvalue weighted by Gasteiger charge is -2.34. The van der Waals surface area contributed by atoms with Crippen LogP contribution >= 0.6 is 0 Å². The fourth-order valence-electron chi connectivity index (χ4n) is 5.47. The molecule has 1 unspecified atom stereocenters. The molecule has 1 fully saturated rings. The van der Waals surface area contributed by atoms with E-state index in [9.17, 15) is 31.1 Å². The van der Waals surface area contributed by atoms with Crippen molar-refractivity contribution in [3.05, 3.63) is 84.4 Å². The first-order chi connectivity index (χ1) is 21.5. The Balaban J connectivity index is 1.37. The van der Waals surface area contributed by atoms with Crippen LogP contribution in [0, 0.1) is 5.82 Å². The molecule has 0 radical (unpaired) electrons. The number of aromatic nitrogens is 2. The van der Waals surface area contributed by atoms with Crippen molar-refractivity contribution in [2.24, 2.45) is 0 Å². The minimum absolute atomic E-state index is 0.0458. The van der Waals surface area contributed by atoms with Gasteiger partial charge in [-0.25, -0.2) is 31.3 Å². The molecule has 1 saturated heterocycles. The highest BCUT2D eigenvalue weighted by atomic mass is 32.2. The van der Waals surface area contributed by atoms with Crippen LogP contribution in [0.15, 0.2) is 77.8 Å². The molecule has 1 amide bonds. The van der Waals surface area contributed by atoms with Crippen LogP contribution in [0.5, 0.6) is 5.75 Å². The van der Waals surface area contributed by atoms with Crippen molar-refractivity contribution in [3.63, 3.8) is 0 Å². The summed E-state index contributed by atoms with van der Waals surface area (Å²) < 4.78 is 81.9. The fourth-order valence-corrected chi connectivity index (χ4v) is 8.11. The first-order valence-electron chi connectivity index (χ1n) is 14.0. The third-order valence-electron chi connectivity index (χ3n) is 7.74. The largest absolute Gasteiger partial charge is 0.496 e.